The first kappa shape index (κ1) is 16.0. The van der Waals surface area contributed by atoms with E-state index in [1.807, 2.05) is 30.9 Å². The van der Waals surface area contributed by atoms with Crippen molar-refractivity contribution >= 4 is 17.5 Å². The number of hydrogen-bond acceptors (Lipinski definition) is 2. The fourth-order valence-electron chi connectivity index (χ4n) is 3.57. The minimum Gasteiger partial charge on any atom is -0.342 e. The molecule has 3 rings (SSSR count). The highest BCUT2D eigenvalue weighted by atomic mass is 16.2. The minimum absolute atomic E-state index is 0.0110. The van der Waals surface area contributed by atoms with Crippen molar-refractivity contribution in [3.05, 3.63) is 29.3 Å². The Labute approximate surface area is 138 Å². The molecule has 4 nitrogen and oxygen atoms in total. The molecule has 2 unspecified atom stereocenters. The maximum Gasteiger partial charge on any atom is 0.228 e. The molecule has 23 heavy (non-hydrogen) atoms. The molecule has 0 spiro atoms. The van der Waals surface area contributed by atoms with E-state index in [0.29, 0.717) is 6.42 Å². The van der Waals surface area contributed by atoms with Crippen LogP contribution < -0.4 is 5.32 Å². The average Bonchev–Trinajstić information content (AvgIpc) is 3.30. The second-order valence-corrected chi connectivity index (χ2v) is 7.05. The molecule has 0 aromatic heterocycles. The van der Waals surface area contributed by atoms with E-state index in [9.17, 15) is 9.59 Å². The summed E-state index contributed by atoms with van der Waals surface area (Å²) in [6.07, 6.45) is 5.32. The second kappa shape index (κ2) is 6.73. The third-order valence-corrected chi connectivity index (χ3v) is 4.85. The van der Waals surface area contributed by atoms with E-state index >= 15 is 0 Å². The highest BCUT2D eigenvalue weighted by molar-refractivity contribution is 5.99. The largest absolute Gasteiger partial charge is 0.342 e. The Morgan fingerprint density at radius 3 is 2.17 bits per heavy atom. The van der Waals surface area contributed by atoms with Gasteiger partial charge in [-0.2, -0.15) is 0 Å². The molecule has 0 bridgehead atoms. The SMILES string of the molecule is Cc1cc(C)cc(NC(=O)C2CC2C(=O)N2CCCCCC2)c1. The van der Waals surface area contributed by atoms with E-state index in [4.69, 9.17) is 0 Å². The van der Waals surface area contributed by atoms with E-state index in [2.05, 4.69) is 11.4 Å². The van der Waals surface area contributed by atoms with Crippen LogP contribution in [-0.4, -0.2) is 29.8 Å². The fourth-order valence-corrected chi connectivity index (χ4v) is 3.57. The first-order valence-corrected chi connectivity index (χ1v) is 8.72. The van der Waals surface area contributed by atoms with Gasteiger partial charge in [0.2, 0.25) is 11.8 Å². The second-order valence-electron chi connectivity index (χ2n) is 7.05. The van der Waals surface area contributed by atoms with Gasteiger partial charge in [-0.05, 0) is 56.4 Å². The predicted molar refractivity (Wildman–Crippen MR) is 91.2 cm³/mol. The van der Waals surface area contributed by atoms with Gasteiger partial charge in [0.1, 0.15) is 0 Å². The predicted octanol–water partition coefficient (Wildman–Crippen LogP) is 3.28. The van der Waals surface area contributed by atoms with Crippen LogP contribution in [0.2, 0.25) is 0 Å². The molecule has 1 aromatic carbocycles. The zero-order valence-electron chi connectivity index (χ0n) is 14.1. The number of benzene rings is 1. The first-order valence-electron chi connectivity index (χ1n) is 8.72. The van der Waals surface area contributed by atoms with Crippen LogP contribution in [0.5, 0.6) is 0 Å². The Bertz CT molecular complexity index is 583. The summed E-state index contributed by atoms with van der Waals surface area (Å²) in [5.41, 5.74) is 3.10. The molecule has 1 aliphatic carbocycles. The number of hydrogen-bond donors (Lipinski definition) is 1. The number of carbonyl (C=O) groups is 2. The van der Waals surface area contributed by atoms with Gasteiger partial charge in [-0.1, -0.05) is 18.9 Å². The average molecular weight is 314 g/mol. The van der Waals surface area contributed by atoms with Crippen LogP contribution in [0.1, 0.15) is 43.2 Å². The number of carbonyl (C=O) groups excluding carboxylic acids is 2. The smallest absolute Gasteiger partial charge is 0.228 e. The zero-order chi connectivity index (χ0) is 16.4. The quantitative estimate of drug-likeness (QED) is 0.931. The van der Waals surface area contributed by atoms with Crippen LogP contribution in [0.15, 0.2) is 18.2 Å². The minimum atomic E-state index is -0.147. The van der Waals surface area contributed by atoms with Gasteiger partial charge in [0, 0.05) is 18.8 Å². The van der Waals surface area contributed by atoms with E-state index in [1.54, 1.807) is 0 Å². The van der Waals surface area contributed by atoms with E-state index in [-0.39, 0.29) is 23.7 Å². The summed E-state index contributed by atoms with van der Waals surface area (Å²) in [6.45, 7) is 5.76. The number of anilines is 1. The summed E-state index contributed by atoms with van der Waals surface area (Å²) < 4.78 is 0. The Hall–Kier alpha value is -1.84. The highest BCUT2D eigenvalue weighted by Gasteiger charge is 2.49. The van der Waals surface area contributed by atoms with Gasteiger partial charge >= 0.3 is 0 Å². The summed E-state index contributed by atoms with van der Waals surface area (Å²) in [5, 5.41) is 2.98. The van der Waals surface area contributed by atoms with Gasteiger partial charge < -0.3 is 10.2 Å². The van der Waals surface area contributed by atoms with Gasteiger partial charge in [0.25, 0.3) is 0 Å². The van der Waals surface area contributed by atoms with Crippen molar-refractivity contribution in [1.82, 2.24) is 4.90 Å². The van der Waals surface area contributed by atoms with E-state index < -0.39 is 0 Å². The lowest BCUT2D eigenvalue weighted by molar-refractivity contribution is -0.134. The van der Waals surface area contributed by atoms with Crippen molar-refractivity contribution < 1.29 is 9.59 Å². The van der Waals surface area contributed by atoms with Crippen LogP contribution in [0.25, 0.3) is 0 Å². The molecule has 1 saturated heterocycles. The lowest BCUT2D eigenvalue weighted by Gasteiger charge is -2.20. The Morgan fingerprint density at radius 2 is 1.57 bits per heavy atom. The standard InChI is InChI=1S/C19H26N2O2/c1-13-9-14(2)11-15(10-13)20-18(22)16-12-17(16)19(23)21-7-5-3-4-6-8-21/h9-11,16-17H,3-8,12H2,1-2H3,(H,20,22). The van der Waals surface area contributed by atoms with Gasteiger partial charge in [-0.15, -0.1) is 0 Å². The lowest BCUT2D eigenvalue weighted by Crippen LogP contribution is -2.34. The summed E-state index contributed by atoms with van der Waals surface area (Å²) in [5.74, 6) is -0.0683. The zero-order valence-corrected chi connectivity index (χ0v) is 14.1. The number of aryl methyl sites for hydroxylation is 2. The molecule has 1 saturated carbocycles. The summed E-state index contributed by atoms with van der Waals surface area (Å²) in [4.78, 5) is 26.9. The maximum absolute atomic E-state index is 12.5. The molecule has 1 heterocycles. The van der Waals surface area contributed by atoms with Crippen molar-refractivity contribution in [2.75, 3.05) is 18.4 Å². The number of nitrogens with one attached hydrogen (secondary N) is 1. The third kappa shape index (κ3) is 3.92. The number of nitrogens with zero attached hydrogens (tertiary/aromatic N) is 1. The summed E-state index contributed by atoms with van der Waals surface area (Å²) in [7, 11) is 0. The lowest BCUT2D eigenvalue weighted by atomic mass is 10.1. The van der Waals surface area contributed by atoms with Gasteiger partial charge in [-0.25, -0.2) is 0 Å². The van der Waals surface area contributed by atoms with Crippen molar-refractivity contribution in [3.63, 3.8) is 0 Å². The molecule has 1 aromatic rings. The summed E-state index contributed by atoms with van der Waals surface area (Å²) >= 11 is 0. The Balaban J connectivity index is 1.56. The Kier molecular flexibility index (Phi) is 4.69. The van der Waals surface area contributed by atoms with Crippen molar-refractivity contribution in [2.24, 2.45) is 11.8 Å². The fraction of sp³-hybridized carbons (Fsp3) is 0.579. The molecule has 1 aliphatic heterocycles. The molecule has 0 radical (unpaired) electrons. The third-order valence-electron chi connectivity index (χ3n) is 4.85. The van der Waals surface area contributed by atoms with Gasteiger partial charge in [0.05, 0.1) is 11.8 Å². The van der Waals surface area contributed by atoms with Crippen LogP contribution in [-0.2, 0) is 9.59 Å². The number of amides is 2. The molecule has 1 N–H and O–H groups in total. The topological polar surface area (TPSA) is 49.4 Å². The Morgan fingerprint density at radius 1 is 0.957 bits per heavy atom. The van der Waals surface area contributed by atoms with Crippen molar-refractivity contribution in [3.8, 4) is 0 Å². The summed E-state index contributed by atoms with van der Waals surface area (Å²) in [6, 6.07) is 6.02. The van der Waals surface area contributed by atoms with Crippen molar-refractivity contribution in [1.29, 1.82) is 0 Å². The van der Waals surface area contributed by atoms with E-state index in [1.165, 1.54) is 12.8 Å². The highest BCUT2D eigenvalue weighted by Crippen LogP contribution is 2.41. The van der Waals surface area contributed by atoms with Crippen LogP contribution in [0.3, 0.4) is 0 Å². The maximum atomic E-state index is 12.5. The first-order chi connectivity index (χ1) is 11.0. The normalized spacial score (nSPS) is 24.0. The van der Waals surface area contributed by atoms with E-state index in [0.717, 1.165) is 42.7 Å². The molecule has 2 aliphatic rings. The molecular weight excluding hydrogens is 288 g/mol. The van der Waals surface area contributed by atoms with Crippen LogP contribution >= 0.6 is 0 Å². The van der Waals surface area contributed by atoms with Crippen molar-refractivity contribution in [2.45, 2.75) is 46.0 Å². The van der Waals surface area contributed by atoms with Crippen LogP contribution in [0.4, 0.5) is 5.69 Å². The molecule has 4 heteroatoms. The van der Waals surface area contributed by atoms with Gasteiger partial charge in [0.15, 0.2) is 0 Å². The van der Waals surface area contributed by atoms with Crippen LogP contribution in [0, 0.1) is 25.7 Å². The number of rotatable bonds is 3. The molecule has 2 amide bonds. The molecular formula is C19H26N2O2. The molecule has 124 valence electrons. The number of likely N-dealkylation sites (tertiary alicyclic amines) is 1. The molecule has 2 fully saturated rings. The van der Waals surface area contributed by atoms with Gasteiger partial charge in [-0.3, -0.25) is 9.59 Å². The monoisotopic (exact) mass is 314 g/mol. The molecule has 2 atom stereocenters.